The molecule has 0 bridgehead atoms. The first kappa shape index (κ1) is 15.2. The van der Waals surface area contributed by atoms with Gasteiger partial charge in [-0.05, 0) is 29.8 Å². The van der Waals surface area contributed by atoms with Gasteiger partial charge in [-0.2, -0.15) is 0 Å². The van der Waals surface area contributed by atoms with Gasteiger partial charge < -0.3 is 14.8 Å². The molecule has 0 saturated heterocycles. The van der Waals surface area contributed by atoms with Crippen LogP contribution in [0, 0.1) is 0 Å². The van der Waals surface area contributed by atoms with Crippen molar-refractivity contribution >= 4 is 12.6 Å². The first-order valence-electron chi connectivity index (χ1n) is 7.17. The van der Waals surface area contributed by atoms with Crippen molar-refractivity contribution in [1.29, 1.82) is 0 Å². The molecule has 0 aliphatic carbocycles. The van der Waals surface area contributed by atoms with Gasteiger partial charge in [-0.3, -0.25) is 0 Å². The molecule has 6 heteroatoms. The fourth-order valence-electron chi connectivity index (χ4n) is 2.06. The monoisotopic (exact) mass is 306 g/mol. The molecule has 0 aliphatic rings. The Labute approximate surface area is 134 Å². The summed E-state index contributed by atoms with van der Waals surface area (Å²) in [6, 6.07) is 17.4. The van der Waals surface area contributed by atoms with Gasteiger partial charge in [0, 0.05) is 23.4 Å². The van der Waals surface area contributed by atoms with Crippen LogP contribution in [0.5, 0.6) is 5.75 Å². The maximum Gasteiger partial charge on any atom is 0.491 e. The molecular formula is C17H15BN2O3. The fraction of sp³-hybridized carbons (Fsp3) is 0.0588. The minimum Gasteiger partial charge on any atom is -0.489 e. The molecule has 3 aromatic rings. The second-order valence-electron chi connectivity index (χ2n) is 5.01. The Morgan fingerprint density at radius 1 is 0.870 bits per heavy atom. The van der Waals surface area contributed by atoms with Crippen molar-refractivity contribution < 1.29 is 14.8 Å². The van der Waals surface area contributed by atoms with E-state index in [4.69, 9.17) is 14.8 Å². The molecule has 0 radical (unpaired) electrons. The molecule has 0 amide bonds. The largest absolute Gasteiger partial charge is 0.491 e. The van der Waals surface area contributed by atoms with Crippen LogP contribution < -0.4 is 10.2 Å². The predicted molar refractivity (Wildman–Crippen MR) is 88.1 cm³/mol. The van der Waals surface area contributed by atoms with Gasteiger partial charge in [0.1, 0.15) is 12.4 Å². The van der Waals surface area contributed by atoms with Crippen LogP contribution in [-0.4, -0.2) is 27.1 Å². The summed E-state index contributed by atoms with van der Waals surface area (Å²) in [6.07, 6.45) is 2.79. The van der Waals surface area contributed by atoms with Crippen LogP contribution in [0.25, 0.3) is 11.4 Å². The van der Waals surface area contributed by atoms with Crippen LogP contribution in [0.3, 0.4) is 0 Å². The van der Waals surface area contributed by atoms with E-state index in [1.54, 1.807) is 0 Å². The minimum absolute atomic E-state index is 0.261. The predicted octanol–water partition coefficient (Wildman–Crippen LogP) is 1.40. The van der Waals surface area contributed by atoms with Crippen molar-refractivity contribution in [1.82, 2.24) is 9.97 Å². The lowest BCUT2D eigenvalue weighted by molar-refractivity contribution is 0.306. The maximum atomic E-state index is 9.03. The highest BCUT2D eigenvalue weighted by molar-refractivity contribution is 6.58. The Balaban J connectivity index is 1.67. The van der Waals surface area contributed by atoms with Crippen molar-refractivity contribution in [2.45, 2.75) is 6.61 Å². The van der Waals surface area contributed by atoms with Crippen LogP contribution in [0.15, 0.2) is 67.0 Å². The third kappa shape index (κ3) is 3.94. The first-order valence-corrected chi connectivity index (χ1v) is 7.17. The number of nitrogens with zero attached hydrogens (tertiary/aromatic N) is 2. The third-order valence-corrected chi connectivity index (χ3v) is 3.33. The van der Waals surface area contributed by atoms with Gasteiger partial charge >= 0.3 is 7.12 Å². The van der Waals surface area contributed by atoms with E-state index in [1.807, 2.05) is 54.6 Å². The molecule has 0 saturated carbocycles. The standard InChI is InChI=1S/C17H15BN2O3/c21-18(22)15-10-19-17(20-11-15)14-6-8-16(9-7-14)23-12-13-4-2-1-3-5-13/h1-11,21-22H,12H2. The zero-order chi connectivity index (χ0) is 16.1. The zero-order valence-corrected chi connectivity index (χ0v) is 12.3. The molecule has 0 atom stereocenters. The fourth-order valence-corrected chi connectivity index (χ4v) is 2.06. The lowest BCUT2D eigenvalue weighted by atomic mass is 9.83. The van der Waals surface area contributed by atoms with Crippen molar-refractivity contribution in [2.75, 3.05) is 0 Å². The summed E-state index contributed by atoms with van der Waals surface area (Å²) < 4.78 is 5.73. The number of rotatable bonds is 5. The first-order chi connectivity index (χ1) is 11.2. The van der Waals surface area contributed by atoms with Crippen LogP contribution in [0.4, 0.5) is 0 Å². The lowest BCUT2D eigenvalue weighted by Crippen LogP contribution is -2.30. The van der Waals surface area contributed by atoms with E-state index in [1.165, 1.54) is 12.4 Å². The molecule has 2 aromatic carbocycles. The Morgan fingerprint density at radius 2 is 1.52 bits per heavy atom. The van der Waals surface area contributed by atoms with Crippen molar-refractivity contribution in [2.24, 2.45) is 0 Å². The van der Waals surface area contributed by atoms with Crippen LogP contribution in [0.2, 0.25) is 0 Å². The highest BCUT2D eigenvalue weighted by Gasteiger charge is 2.12. The van der Waals surface area contributed by atoms with E-state index in [2.05, 4.69) is 9.97 Å². The molecule has 0 aliphatic heterocycles. The number of hydrogen-bond acceptors (Lipinski definition) is 5. The summed E-state index contributed by atoms with van der Waals surface area (Å²) in [4.78, 5) is 8.24. The minimum atomic E-state index is -1.56. The van der Waals surface area contributed by atoms with Gasteiger partial charge in [0.15, 0.2) is 5.82 Å². The van der Waals surface area contributed by atoms with E-state index in [9.17, 15) is 0 Å². The highest BCUT2D eigenvalue weighted by Crippen LogP contribution is 2.19. The molecule has 0 fully saturated rings. The van der Waals surface area contributed by atoms with Gasteiger partial charge in [0.2, 0.25) is 0 Å². The Kier molecular flexibility index (Phi) is 4.66. The SMILES string of the molecule is OB(O)c1cnc(-c2ccc(OCc3ccccc3)cc2)nc1. The topological polar surface area (TPSA) is 75.5 Å². The summed E-state index contributed by atoms with van der Waals surface area (Å²) in [5, 5.41) is 18.1. The van der Waals surface area contributed by atoms with E-state index >= 15 is 0 Å². The van der Waals surface area contributed by atoms with Gasteiger partial charge in [-0.25, -0.2) is 9.97 Å². The molecule has 5 nitrogen and oxygen atoms in total. The molecule has 114 valence electrons. The average Bonchev–Trinajstić information content (AvgIpc) is 2.61. The summed E-state index contributed by atoms with van der Waals surface area (Å²) >= 11 is 0. The molecule has 1 aromatic heterocycles. The summed E-state index contributed by atoms with van der Waals surface area (Å²) in [6.45, 7) is 0.514. The van der Waals surface area contributed by atoms with Crippen LogP contribution >= 0.6 is 0 Å². The summed E-state index contributed by atoms with van der Waals surface area (Å²) in [5.41, 5.74) is 2.20. The third-order valence-electron chi connectivity index (χ3n) is 3.33. The Morgan fingerprint density at radius 3 is 2.13 bits per heavy atom. The van der Waals surface area contributed by atoms with Crippen molar-refractivity contribution in [3.8, 4) is 17.1 Å². The second kappa shape index (κ2) is 7.04. The molecule has 0 unspecified atom stereocenters. The van der Waals surface area contributed by atoms with Crippen molar-refractivity contribution in [3.05, 3.63) is 72.6 Å². The zero-order valence-electron chi connectivity index (χ0n) is 12.3. The second-order valence-corrected chi connectivity index (χ2v) is 5.01. The molecule has 1 heterocycles. The summed E-state index contributed by atoms with van der Waals surface area (Å²) in [7, 11) is -1.56. The van der Waals surface area contributed by atoms with E-state index in [-0.39, 0.29) is 5.46 Å². The van der Waals surface area contributed by atoms with Gasteiger partial charge in [0.25, 0.3) is 0 Å². The summed E-state index contributed by atoms with van der Waals surface area (Å²) in [5.74, 6) is 1.28. The van der Waals surface area contributed by atoms with Crippen molar-refractivity contribution in [3.63, 3.8) is 0 Å². The number of ether oxygens (including phenoxy) is 1. The molecule has 2 N–H and O–H groups in total. The Hall–Kier alpha value is -2.70. The maximum absolute atomic E-state index is 9.03. The number of hydrogen-bond donors (Lipinski definition) is 2. The Bertz CT molecular complexity index is 747. The molecule has 3 rings (SSSR count). The lowest BCUT2D eigenvalue weighted by Gasteiger charge is -2.07. The quantitative estimate of drug-likeness (QED) is 0.697. The normalized spacial score (nSPS) is 10.3. The number of aromatic nitrogens is 2. The molecular weight excluding hydrogens is 291 g/mol. The van der Waals surface area contributed by atoms with E-state index < -0.39 is 7.12 Å². The van der Waals surface area contributed by atoms with Gasteiger partial charge in [0.05, 0.1) is 0 Å². The van der Waals surface area contributed by atoms with E-state index in [0.717, 1.165) is 16.9 Å². The van der Waals surface area contributed by atoms with E-state index in [0.29, 0.717) is 12.4 Å². The smallest absolute Gasteiger partial charge is 0.489 e. The van der Waals surface area contributed by atoms with Crippen LogP contribution in [0.1, 0.15) is 5.56 Å². The average molecular weight is 306 g/mol. The molecule has 23 heavy (non-hydrogen) atoms. The van der Waals surface area contributed by atoms with Gasteiger partial charge in [-0.15, -0.1) is 0 Å². The number of benzene rings is 2. The molecule has 0 spiro atoms. The van der Waals surface area contributed by atoms with Gasteiger partial charge in [-0.1, -0.05) is 30.3 Å². The highest BCUT2D eigenvalue weighted by atomic mass is 16.5. The van der Waals surface area contributed by atoms with Crippen LogP contribution in [-0.2, 0) is 6.61 Å².